The van der Waals surface area contributed by atoms with Gasteiger partial charge in [-0.2, -0.15) is 0 Å². The van der Waals surface area contributed by atoms with Gasteiger partial charge in [-0.15, -0.1) is 0 Å². The van der Waals surface area contributed by atoms with Gasteiger partial charge >= 0.3 is 0 Å². The number of rotatable bonds is 5. The number of hydrogen-bond acceptors (Lipinski definition) is 6. The zero-order valence-electron chi connectivity index (χ0n) is 32.5. The molecule has 0 saturated heterocycles. The van der Waals surface area contributed by atoms with Crippen molar-refractivity contribution in [1.82, 2.24) is 24.5 Å². The molecule has 0 radical (unpaired) electrons. The number of hydrogen-bond donors (Lipinski definition) is 0. The first-order valence-electron chi connectivity index (χ1n) is 20.3. The summed E-state index contributed by atoms with van der Waals surface area (Å²) >= 11 is 0. The van der Waals surface area contributed by atoms with Crippen molar-refractivity contribution in [3.05, 3.63) is 188 Å². The summed E-state index contributed by atoms with van der Waals surface area (Å²) in [6.45, 7) is 0. The number of fused-ring (bicyclic) bond motifs is 11. The first kappa shape index (κ1) is 33.5. The molecule has 0 fully saturated rings. The van der Waals surface area contributed by atoms with Gasteiger partial charge in [0.25, 0.3) is 0 Å². The predicted molar refractivity (Wildman–Crippen MR) is 246 cm³/mol. The third kappa shape index (κ3) is 5.31. The van der Waals surface area contributed by atoms with Crippen molar-refractivity contribution in [2.45, 2.75) is 0 Å². The molecule has 13 rings (SSSR count). The van der Waals surface area contributed by atoms with Crippen LogP contribution < -0.4 is 0 Å². The van der Waals surface area contributed by atoms with Crippen LogP contribution in [0, 0.1) is 0 Å². The normalized spacial score (nSPS) is 11.9. The Morgan fingerprint density at radius 2 is 0.984 bits per heavy atom. The van der Waals surface area contributed by atoms with Crippen molar-refractivity contribution < 1.29 is 8.83 Å². The van der Waals surface area contributed by atoms with E-state index in [9.17, 15) is 0 Å². The number of aromatic nitrogens is 5. The van der Waals surface area contributed by atoms with Gasteiger partial charge in [0.1, 0.15) is 22.4 Å². The molecule has 0 N–H and O–H groups in total. The lowest BCUT2D eigenvalue weighted by molar-refractivity contribution is 0.667. The zero-order valence-corrected chi connectivity index (χ0v) is 32.5. The quantitative estimate of drug-likeness (QED) is 0.173. The fraction of sp³-hybridized carbons (Fsp3) is 0. The van der Waals surface area contributed by atoms with Crippen LogP contribution in [0.1, 0.15) is 0 Å². The molecule has 0 aliphatic heterocycles. The lowest BCUT2D eigenvalue weighted by atomic mass is 10.0. The zero-order chi connectivity index (χ0) is 40.0. The van der Waals surface area contributed by atoms with E-state index in [1.54, 1.807) is 6.20 Å². The average Bonchev–Trinajstić information content (AvgIpc) is 4.01. The molecule has 0 saturated carbocycles. The highest BCUT2D eigenvalue weighted by molar-refractivity contribution is 6.18. The second-order valence-corrected chi connectivity index (χ2v) is 15.4. The Balaban J connectivity index is 0.931. The number of pyridine rings is 1. The standard InChI is InChI=1S/C54H31N5O2/c1-2-13-38-33(10-1)24-27-43-39-14-3-6-17-46(39)59(51(38)43)37-12-9-11-35(28-37)32-20-22-34(23-21-32)52-56-53(36-25-26-42-40-15-4-7-18-47(40)60-49(42)29-36)58-54(57-52)45-30-44-41-16-5-8-19-48(41)61-50(44)31-55-45/h1-31H. The lowest BCUT2D eigenvalue weighted by Gasteiger charge is -2.12. The first-order valence-corrected chi connectivity index (χ1v) is 20.3. The smallest absolute Gasteiger partial charge is 0.182 e. The average molecular weight is 782 g/mol. The molecule has 0 atom stereocenters. The molecule has 0 amide bonds. The van der Waals surface area contributed by atoms with E-state index in [2.05, 4.69) is 132 Å². The molecular formula is C54H31N5O2. The van der Waals surface area contributed by atoms with Crippen molar-refractivity contribution >= 4 is 76.5 Å². The maximum Gasteiger partial charge on any atom is 0.182 e. The second-order valence-electron chi connectivity index (χ2n) is 15.4. The molecule has 0 aliphatic carbocycles. The Morgan fingerprint density at radius 1 is 0.361 bits per heavy atom. The molecule has 7 heteroatoms. The molecule has 0 aliphatic rings. The third-order valence-corrected chi connectivity index (χ3v) is 11.9. The first-order chi connectivity index (χ1) is 30.2. The van der Waals surface area contributed by atoms with Gasteiger partial charge in [0, 0.05) is 54.5 Å². The molecule has 284 valence electrons. The maximum absolute atomic E-state index is 6.28. The van der Waals surface area contributed by atoms with E-state index in [0.717, 1.165) is 66.2 Å². The Morgan fingerprint density at radius 3 is 1.82 bits per heavy atom. The molecule has 7 nitrogen and oxygen atoms in total. The van der Waals surface area contributed by atoms with Crippen LogP contribution in [0.3, 0.4) is 0 Å². The van der Waals surface area contributed by atoms with E-state index in [1.165, 1.54) is 32.6 Å². The Kier molecular flexibility index (Phi) is 7.17. The van der Waals surface area contributed by atoms with Gasteiger partial charge in [0.05, 0.1) is 17.2 Å². The monoisotopic (exact) mass is 781 g/mol. The van der Waals surface area contributed by atoms with E-state index >= 15 is 0 Å². The summed E-state index contributed by atoms with van der Waals surface area (Å²) in [5.41, 5.74) is 11.1. The van der Waals surface area contributed by atoms with Gasteiger partial charge in [0.15, 0.2) is 23.1 Å². The highest BCUT2D eigenvalue weighted by Crippen LogP contribution is 2.38. The molecule has 8 aromatic carbocycles. The van der Waals surface area contributed by atoms with Crippen LogP contribution in [0.2, 0.25) is 0 Å². The Hall–Kier alpha value is -8.42. The minimum atomic E-state index is 0.465. The van der Waals surface area contributed by atoms with Gasteiger partial charge in [-0.05, 0) is 65.0 Å². The van der Waals surface area contributed by atoms with Crippen LogP contribution in [0.5, 0.6) is 0 Å². The molecule has 5 heterocycles. The van der Waals surface area contributed by atoms with Gasteiger partial charge in [0.2, 0.25) is 0 Å². The van der Waals surface area contributed by atoms with E-state index in [-0.39, 0.29) is 0 Å². The Bertz CT molecular complexity index is 3900. The number of nitrogens with zero attached hydrogens (tertiary/aromatic N) is 5. The Labute approximate surface area is 347 Å². The van der Waals surface area contributed by atoms with Crippen molar-refractivity contribution in [1.29, 1.82) is 0 Å². The van der Waals surface area contributed by atoms with Gasteiger partial charge in [-0.1, -0.05) is 133 Å². The van der Waals surface area contributed by atoms with Crippen molar-refractivity contribution in [3.8, 4) is 51.1 Å². The van der Waals surface area contributed by atoms with Crippen LogP contribution in [0.15, 0.2) is 197 Å². The van der Waals surface area contributed by atoms with Crippen LogP contribution >= 0.6 is 0 Å². The molecular weight excluding hydrogens is 751 g/mol. The summed E-state index contributed by atoms with van der Waals surface area (Å²) in [5.74, 6) is 1.53. The van der Waals surface area contributed by atoms with E-state index in [4.69, 9.17) is 28.8 Å². The largest absolute Gasteiger partial charge is 0.456 e. The maximum atomic E-state index is 6.28. The fourth-order valence-corrected chi connectivity index (χ4v) is 9.00. The van der Waals surface area contributed by atoms with E-state index in [1.807, 2.05) is 54.6 Å². The van der Waals surface area contributed by atoms with Crippen molar-refractivity contribution in [2.24, 2.45) is 0 Å². The molecule has 13 aromatic rings. The van der Waals surface area contributed by atoms with Gasteiger partial charge in [-0.25, -0.2) is 19.9 Å². The summed E-state index contributed by atoms with van der Waals surface area (Å²) in [4.78, 5) is 20.0. The highest BCUT2D eigenvalue weighted by atomic mass is 16.3. The fourth-order valence-electron chi connectivity index (χ4n) is 9.00. The van der Waals surface area contributed by atoms with Crippen LogP contribution in [0.25, 0.3) is 128 Å². The molecule has 0 unspecified atom stereocenters. The second kappa shape index (κ2) is 13.0. The topological polar surface area (TPSA) is 82.8 Å². The van der Waals surface area contributed by atoms with Gasteiger partial charge in [-0.3, -0.25) is 0 Å². The molecule has 0 spiro atoms. The van der Waals surface area contributed by atoms with Gasteiger partial charge < -0.3 is 13.4 Å². The number of furan rings is 2. The summed E-state index contributed by atoms with van der Waals surface area (Å²) < 4.78 is 14.8. The summed E-state index contributed by atoms with van der Waals surface area (Å²) in [7, 11) is 0. The minimum absolute atomic E-state index is 0.465. The molecule has 0 bridgehead atoms. The van der Waals surface area contributed by atoms with E-state index in [0.29, 0.717) is 28.8 Å². The highest BCUT2D eigenvalue weighted by Gasteiger charge is 2.19. The number of benzene rings is 8. The summed E-state index contributed by atoms with van der Waals surface area (Å²) in [6.07, 6.45) is 1.75. The SMILES string of the molecule is c1cc(-c2ccc(-c3nc(-c4ccc5c(c4)oc4ccccc45)nc(-c4cc5c(cn4)oc4ccccc45)n3)cc2)cc(-n2c3ccccc3c3ccc4ccccc4c32)c1. The molecule has 5 aromatic heterocycles. The molecule has 61 heavy (non-hydrogen) atoms. The summed E-state index contributed by atoms with van der Waals surface area (Å²) in [6, 6.07) is 63.2. The van der Waals surface area contributed by atoms with Crippen LogP contribution in [0.4, 0.5) is 0 Å². The number of para-hydroxylation sites is 3. The minimum Gasteiger partial charge on any atom is -0.456 e. The third-order valence-electron chi connectivity index (χ3n) is 11.9. The van der Waals surface area contributed by atoms with Crippen molar-refractivity contribution in [3.63, 3.8) is 0 Å². The summed E-state index contributed by atoms with van der Waals surface area (Å²) in [5, 5.41) is 9.00. The van der Waals surface area contributed by atoms with Crippen molar-refractivity contribution in [2.75, 3.05) is 0 Å². The van der Waals surface area contributed by atoms with Crippen LogP contribution in [-0.2, 0) is 0 Å². The van der Waals surface area contributed by atoms with E-state index < -0.39 is 0 Å². The lowest BCUT2D eigenvalue weighted by Crippen LogP contribution is -2.01. The predicted octanol–water partition coefficient (Wildman–Crippen LogP) is 14.0. The van der Waals surface area contributed by atoms with Crippen LogP contribution in [-0.4, -0.2) is 24.5 Å².